The van der Waals surface area contributed by atoms with Crippen molar-refractivity contribution in [3.8, 4) is 5.00 Å². The summed E-state index contributed by atoms with van der Waals surface area (Å²) in [5.74, 6) is -0.431. The van der Waals surface area contributed by atoms with E-state index < -0.39 is 11.6 Å². The fraction of sp³-hybridized carbons (Fsp3) is 0.0625. The number of carbonyl (C=O) groups is 1. The van der Waals surface area contributed by atoms with Gasteiger partial charge < -0.3 is 5.32 Å². The molecule has 1 amide bonds. The van der Waals surface area contributed by atoms with Crippen LogP contribution < -0.4 is 11.0 Å². The average molecular weight is 387 g/mol. The van der Waals surface area contributed by atoms with Crippen LogP contribution in [0.5, 0.6) is 0 Å². The van der Waals surface area contributed by atoms with Crippen LogP contribution >= 0.6 is 22.9 Å². The molecule has 4 rings (SSSR count). The van der Waals surface area contributed by atoms with Gasteiger partial charge in [0.2, 0.25) is 5.91 Å². The van der Waals surface area contributed by atoms with Crippen LogP contribution in [0.4, 0.5) is 5.69 Å². The first-order valence-electron chi connectivity index (χ1n) is 7.52. The molecule has 0 aliphatic carbocycles. The maximum absolute atomic E-state index is 12.4. The Morgan fingerprint density at radius 2 is 2.12 bits per heavy atom. The van der Waals surface area contributed by atoms with E-state index >= 15 is 0 Å². The van der Waals surface area contributed by atoms with Crippen molar-refractivity contribution in [2.75, 3.05) is 5.32 Å². The van der Waals surface area contributed by atoms with Crippen molar-refractivity contribution >= 4 is 45.4 Å². The van der Waals surface area contributed by atoms with Crippen LogP contribution in [0, 0.1) is 0 Å². The number of thiophene rings is 1. The molecule has 0 bridgehead atoms. The molecule has 1 N–H and O–H groups in total. The van der Waals surface area contributed by atoms with Gasteiger partial charge in [0, 0.05) is 16.6 Å². The first-order chi connectivity index (χ1) is 12.6. The van der Waals surface area contributed by atoms with Crippen molar-refractivity contribution in [2.45, 2.75) is 6.54 Å². The van der Waals surface area contributed by atoms with Gasteiger partial charge >= 0.3 is 5.69 Å². The van der Waals surface area contributed by atoms with E-state index in [-0.39, 0.29) is 6.54 Å². The number of pyridine rings is 1. The number of nitrogens with one attached hydrogen (secondary N) is 1. The van der Waals surface area contributed by atoms with E-state index in [4.69, 9.17) is 11.6 Å². The lowest BCUT2D eigenvalue weighted by Crippen LogP contribution is -2.29. The van der Waals surface area contributed by atoms with Gasteiger partial charge in [-0.3, -0.25) is 9.78 Å². The lowest BCUT2D eigenvalue weighted by molar-refractivity contribution is -0.117. The average Bonchev–Trinajstić information content (AvgIpc) is 3.25. The van der Waals surface area contributed by atoms with Gasteiger partial charge in [-0.15, -0.1) is 11.3 Å². The van der Waals surface area contributed by atoms with Crippen LogP contribution in [0.3, 0.4) is 0 Å². The number of hydrogen-bond donors (Lipinski definition) is 1. The van der Waals surface area contributed by atoms with Crippen LogP contribution in [0.15, 0.2) is 52.8 Å². The summed E-state index contributed by atoms with van der Waals surface area (Å²) >= 11 is 7.45. The number of anilines is 1. The second-order valence-corrected chi connectivity index (χ2v) is 6.72. The van der Waals surface area contributed by atoms with Gasteiger partial charge in [-0.2, -0.15) is 9.36 Å². The molecule has 0 fully saturated rings. The number of tetrazole rings is 1. The first-order valence-corrected chi connectivity index (χ1v) is 8.78. The Kier molecular flexibility index (Phi) is 4.23. The lowest BCUT2D eigenvalue weighted by Gasteiger charge is -2.08. The first kappa shape index (κ1) is 16.4. The Hall–Kier alpha value is -3.04. The molecule has 10 heteroatoms. The summed E-state index contributed by atoms with van der Waals surface area (Å²) in [4.78, 5) is 28.9. The number of nitrogens with zero attached hydrogens (tertiary/aromatic N) is 5. The molecule has 0 aliphatic rings. The molecule has 8 nitrogen and oxygen atoms in total. The van der Waals surface area contributed by atoms with Crippen LogP contribution in [0.25, 0.3) is 15.9 Å². The molecule has 0 atom stereocenters. The zero-order chi connectivity index (χ0) is 18.1. The lowest BCUT2D eigenvalue weighted by atomic mass is 10.2. The van der Waals surface area contributed by atoms with Gasteiger partial charge in [-0.1, -0.05) is 17.7 Å². The highest BCUT2D eigenvalue weighted by Gasteiger charge is 2.14. The van der Waals surface area contributed by atoms with Crippen molar-refractivity contribution in [1.29, 1.82) is 0 Å². The summed E-state index contributed by atoms with van der Waals surface area (Å²) in [7, 11) is 0. The highest BCUT2D eigenvalue weighted by atomic mass is 35.5. The molecular weight excluding hydrogens is 376 g/mol. The zero-order valence-corrected chi connectivity index (χ0v) is 14.7. The number of hydrogen-bond acceptors (Lipinski definition) is 6. The van der Waals surface area contributed by atoms with Crippen LogP contribution in [-0.4, -0.2) is 30.7 Å². The Bertz CT molecular complexity index is 1150. The van der Waals surface area contributed by atoms with E-state index in [2.05, 4.69) is 20.7 Å². The maximum atomic E-state index is 12.4. The highest BCUT2D eigenvalue weighted by Crippen LogP contribution is 2.26. The number of fused-ring (bicyclic) bond motifs is 1. The van der Waals surface area contributed by atoms with Crippen molar-refractivity contribution in [3.05, 3.63) is 63.5 Å². The molecule has 0 saturated heterocycles. The normalized spacial score (nSPS) is 11.0. The molecule has 4 aromatic rings. The third-order valence-electron chi connectivity index (χ3n) is 3.59. The third kappa shape index (κ3) is 3.09. The SMILES string of the molecule is O=C(Cn1nnn(-c2cccs2)c1=O)Nc1cc(Cl)cc2cccnc12. The van der Waals surface area contributed by atoms with Crippen molar-refractivity contribution in [3.63, 3.8) is 0 Å². The molecule has 0 aliphatic heterocycles. The molecule has 0 spiro atoms. The largest absolute Gasteiger partial charge is 0.369 e. The van der Waals surface area contributed by atoms with Gasteiger partial charge in [-0.25, -0.2) is 4.79 Å². The summed E-state index contributed by atoms with van der Waals surface area (Å²) in [6.07, 6.45) is 1.63. The Morgan fingerprint density at radius 3 is 2.92 bits per heavy atom. The van der Waals surface area contributed by atoms with E-state index in [1.165, 1.54) is 11.3 Å². The summed E-state index contributed by atoms with van der Waals surface area (Å²) < 4.78 is 2.14. The Balaban J connectivity index is 1.58. The summed E-state index contributed by atoms with van der Waals surface area (Å²) in [5.41, 5.74) is 0.591. The summed E-state index contributed by atoms with van der Waals surface area (Å²) in [6.45, 7) is -0.273. The molecule has 130 valence electrons. The summed E-state index contributed by atoms with van der Waals surface area (Å²) in [6, 6.07) is 10.6. The molecule has 3 heterocycles. The molecule has 0 saturated carbocycles. The van der Waals surface area contributed by atoms with Gasteiger partial charge in [0.15, 0.2) is 0 Å². The molecule has 3 aromatic heterocycles. The number of benzene rings is 1. The Labute approximate surface area is 155 Å². The topological polar surface area (TPSA) is 94.7 Å². The van der Waals surface area contributed by atoms with E-state index in [1.807, 2.05) is 11.4 Å². The number of rotatable bonds is 4. The maximum Gasteiger partial charge on any atom is 0.369 e. The van der Waals surface area contributed by atoms with E-state index in [1.54, 1.807) is 36.5 Å². The molecule has 0 radical (unpaired) electrons. The van der Waals surface area contributed by atoms with Crippen LogP contribution in [-0.2, 0) is 11.3 Å². The van der Waals surface area contributed by atoms with Crippen molar-refractivity contribution < 1.29 is 4.79 Å². The quantitative estimate of drug-likeness (QED) is 0.580. The fourth-order valence-electron chi connectivity index (χ4n) is 2.48. The Morgan fingerprint density at radius 1 is 1.23 bits per heavy atom. The monoisotopic (exact) mass is 386 g/mol. The minimum atomic E-state index is -0.489. The molecule has 1 aromatic carbocycles. The molecule has 26 heavy (non-hydrogen) atoms. The fourth-order valence-corrected chi connectivity index (χ4v) is 3.37. The smallest absolute Gasteiger partial charge is 0.323 e. The van der Waals surface area contributed by atoms with Gasteiger partial charge in [0.05, 0.1) is 11.2 Å². The minimum absolute atomic E-state index is 0.273. The molecule has 0 unspecified atom stereocenters. The molecular formula is C16H11ClN6O2S. The highest BCUT2D eigenvalue weighted by molar-refractivity contribution is 7.12. The second kappa shape index (κ2) is 6.70. The van der Waals surface area contributed by atoms with Crippen LogP contribution in [0.2, 0.25) is 5.02 Å². The number of aromatic nitrogens is 5. The minimum Gasteiger partial charge on any atom is -0.323 e. The van der Waals surface area contributed by atoms with E-state index in [0.29, 0.717) is 21.2 Å². The van der Waals surface area contributed by atoms with Crippen molar-refractivity contribution in [1.82, 2.24) is 24.8 Å². The predicted octanol–water partition coefficient (Wildman–Crippen LogP) is 2.33. The zero-order valence-electron chi connectivity index (χ0n) is 13.2. The number of amides is 1. The third-order valence-corrected chi connectivity index (χ3v) is 4.65. The van der Waals surface area contributed by atoms with Gasteiger partial charge in [0.25, 0.3) is 0 Å². The standard InChI is InChI=1S/C16H11ClN6O2S/c17-11-7-10-3-1-5-18-15(10)12(8-11)19-13(24)9-22-16(25)23(21-20-22)14-4-2-6-26-14/h1-8H,9H2,(H,19,24). The van der Waals surface area contributed by atoms with Gasteiger partial charge in [0.1, 0.15) is 11.5 Å². The van der Waals surface area contributed by atoms with E-state index in [9.17, 15) is 9.59 Å². The van der Waals surface area contributed by atoms with E-state index in [0.717, 1.165) is 14.7 Å². The van der Waals surface area contributed by atoms with Gasteiger partial charge in [-0.05, 0) is 46.1 Å². The second-order valence-electron chi connectivity index (χ2n) is 5.36. The number of carbonyl (C=O) groups excluding carboxylic acids is 1. The van der Waals surface area contributed by atoms with Crippen molar-refractivity contribution in [2.24, 2.45) is 0 Å². The predicted molar refractivity (Wildman–Crippen MR) is 98.9 cm³/mol. The summed E-state index contributed by atoms with van der Waals surface area (Å²) in [5, 5.41) is 14.0. The van der Waals surface area contributed by atoms with Crippen LogP contribution in [0.1, 0.15) is 0 Å². The number of halogens is 1.